The highest BCUT2D eigenvalue weighted by Crippen LogP contribution is 2.32. The first-order chi connectivity index (χ1) is 11.4. The van der Waals surface area contributed by atoms with Gasteiger partial charge in [-0.3, -0.25) is 4.79 Å². The van der Waals surface area contributed by atoms with Crippen LogP contribution in [0.25, 0.3) is 0 Å². The van der Waals surface area contributed by atoms with Gasteiger partial charge in [0.15, 0.2) is 11.5 Å². The number of hydrogen-bond donors (Lipinski definition) is 2. The van der Waals surface area contributed by atoms with Crippen molar-refractivity contribution in [2.45, 2.75) is 27.3 Å². The molecule has 0 unspecified atom stereocenters. The van der Waals surface area contributed by atoms with Crippen molar-refractivity contribution in [3.8, 4) is 11.5 Å². The molecule has 0 saturated carbocycles. The zero-order chi connectivity index (χ0) is 17.2. The summed E-state index contributed by atoms with van der Waals surface area (Å²) in [6.45, 7) is 6.65. The molecule has 2 aromatic rings. The van der Waals surface area contributed by atoms with Crippen LogP contribution < -0.4 is 20.1 Å². The van der Waals surface area contributed by atoms with Gasteiger partial charge in [0, 0.05) is 23.3 Å². The Morgan fingerprint density at radius 1 is 1.00 bits per heavy atom. The predicted octanol–water partition coefficient (Wildman–Crippen LogP) is 4.01. The second kappa shape index (κ2) is 6.43. The Kier molecular flexibility index (Phi) is 4.34. The third kappa shape index (κ3) is 3.79. The van der Waals surface area contributed by atoms with E-state index in [9.17, 15) is 4.79 Å². The molecule has 0 aliphatic carbocycles. The zero-order valence-corrected chi connectivity index (χ0v) is 14.2. The van der Waals surface area contributed by atoms with E-state index < -0.39 is 5.41 Å². The molecule has 1 amide bonds. The molecule has 1 heterocycles. The lowest BCUT2D eigenvalue weighted by atomic mass is 9.95. The summed E-state index contributed by atoms with van der Waals surface area (Å²) in [5.41, 5.74) is 2.49. The van der Waals surface area contributed by atoms with Crippen LogP contribution in [0.3, 0.4) is 0 Å². The second-order valence-corrected chi connectivity index (χ2v) is 6.82. The highest BCUT2D eigenvalue weighted by molar-refractivity contribution is 5.94. The molecular formula is C19H22N2O3. The predicted molar refractivity (Wildman–Crippen MR) is 94.4 cm³/mol. The lowest BCUT2D eigenvalue weighted by Gasteiger charge is -2.17. The summed E-state index contributed by atoms with van der Waals surface area (Å²) in [5, 5.41) is 6.27. The standard InChI is InChI=1S/C19H22N2O3/c1-19(2,3)18(22)21-15-7-5-14(6-8-15)20-11-13-4-9-16-17(10-13)24-12-23-16/h4-10,20H,11-12H2,1-3H3,(H,21,22). The maximum Gasteiger partial charge on any atom is 0.231 e. The molecule has 1 aliphatic rings. The Balaban J connectivity index is 1.57. The third-order valence-corrected chi connectivity index (χ3v) is 3.76. The summed E-state index contributed by atoms with van der Waals surface area (Å²) < 4.78 is 10.7. The van der Waals surface area contributed by atoms with Crippen LogP contribution in [0.4, 0.5) is 11.4 Å². The third-order valence-electron chi connectivity index (χ3n) is 3.76. The van der Waals surface area contributed by atoms with E-state index in [1.807, 2.05) is 63.2 Å². The number of carbonyl (C=O) groups excluding carboxylic acids is 1. The maximum atomic E-state index is 12.0. The Labute approximate surface area is 142 Å². The molecule has 2 aromatic carbocycles. The summed E-state index contributed by atoms with van der Waals surface area (Å²) in [6.07, 6.45) is 0. The van der Waals surface area contributed by atoms with Gasteiger partial charge in [-0.05, 0) is 42.0 Å². The van der Waals surface area contributed by atoms with Gasteiger partial charge in [-0.1, -0.05) is 26.8 Å². The molecule has 0 saturated heterocycles. The minimum atomic E-state index is -0.406. The Bertz CT molecular complexity index is 733. The van der Waals surface area contributed by atoms with Crippen LogP contribution in [0.1, 0.15) is 26.3 Å². The monoisotopic (exact) mass is 326 g/mol. The summed E-state index contributed by atoms with van der Waals surface area (Å²) >= 11 is 0. The molecule has 1 aliphatic heterocycles. The van der Waals surface area contributed by atoms with Crippen LogP contribution in [0.2, 0.25) is 0 Å². The lowest BCUT2D eigenvalue weighted by Crippen LogP contribution is -2.27. The topological polar surface area (TPSA) is 59.6 Å². The van der Waals surface area contributed by atoms with Crippen molar-refractivity contribution in [3.05, 3.63) is 48.0 Å². The number of anilines is 2. The van der Waals surface area contributed by atoms with Crippen LogP contribution in [0.5, 0.6) is 11.5 Å². The van der Waals surface area contributed by atoms with E-state index in [0.717, 1.165) is 28.4 Å². The van der Waals surface area contributed by atoms with Crippen molar-refractivity contribution in [1.29, 1.82) is 0 Å². The Morgan fingerprint density at radius 2 is 1.67 bits per heavy atom. The van der Waals surface area contributed by atoms with Gasteiger partial charge in [-0.15, -0.1) is 0 Å². The lowest BCUT2D eigenvalue weighted by molar-refractivity contribution is -0.123. The quantitative estimate of drug-likeness (QED) is 0.891. The van der Waals surface area contributed by atoms with Crippen molar-refractivity contribution in [1.82, 2.24) is 0 Å². The average molecular weight is 326 g/mol. The fourth-order valence-electron chi connectivity index (χ4n) is 2.25. The molecule has 126 valence electrons. The van der Waals surface area contributed by atoms with E-state index in [-0.39, 0.29) is 12.7 Å². The van der Waals surface area contributed by atoms with E-state index in [1.165, 1.54) is 0 Å². The van der Waals surface area contributed by atoms with Crippen molar-refractivity contribution >= 4 is 17.3 Å². The Hall–Kier alpha value is -2.69. The minimum Gasteiger partial charge on any atom is -0.454 e. The molecule has 24 heavy (non-hydrogen) atoms. The molecule has 0 aromatic heterocycles. The van der Waals surface area contributed by atoms with E-state index in [4.69, 9.17) is 9.47 Å². The summed E-state index contributed by atoms with van der Waals surface area (Å²) in [5.74, 6) is 1.58. The van der Waals surface area contributed by atoms with Gasteiger partial charge in [0.05, 0.1) is 0 Å². The second-order valence-electron chi connectivity index (χ2n) is 6.82. The fraction of sp³-hybridized carbons (Fsp3) is 0.316. The molecule has 3 rings (SSSR count). The number of carbonyl (C=O) groups is 1. The van der Waals surface area contributed by atoms with E-state index >= 15 is 0 Å². The number of rotatable bonds is 4. The summed E-state index contributed by atoms with van der Waals surface area (Å²) in [6, 6.07) is 13.6. The summed E-state index contributed by atoms with van der Waals surface area (Å²) in [4.78, 5) is 12.0. The molecule has 5 nitrogen and oxygen atoms in total. The fourth-order valence-corrected chi connectivity index (χ4v) is 2.25. The normalized spacial score (nSPS) is 12.8. The molecule has 0 bridgehead atoms. The smallest absolute Gasteiger partial charge is 0.231 e. The van der Waals surface area contributed by atoms with Crippen molar-refractivity contribution < 1.29 is 14.3 Å². The molecule has 0 fully saturated rings. The van der Waals surface area contributed by atoms with Gasteiger partial charge in [-0.2, -0.15) is 0 Å². The number of amides is 1. The summed E-state index contributed by atoms with van der Waals surface area (Å²) in [7, 11) is 0. The number of hydrogen-bond acceptors (Lipinski definition) is 4. The van der Waals surface area contributed by atoms with Crippen molar-refractivity contribution in [3.63, 3.8) is 0 Å². The van der Waals surface area contributed by atoms with E-state index in [0.29, 0.717) is 6.54 Å². The average Bonchev–Trinajstić information content (AvgIpc) is 3.01. The first-order valence-corrected chi connectivity index (χ1v) is 7.96. The van der Waals surface area contributed by atoms with Crippen LogP contribution in [0.15, 0.2) is 42.5 Å². The SMILES string of the molecule is CC(C)(C)C(=O)Nc1ccc(NCc2ccc3c(c2)OCO3)cc1. The van der Waals surface area contributed by atoms with E-state index in [2.05, 4.69) is 10.6 Å². The number of ether oxygens (including phenoxy) is 2. The number of benzene rings is 2. The maximum absolute atomic E-state index is 12.0. The molecule has 0 spiro atoms. The van der Waals surface area contributed by atoms with Crippen molar-refractivity contribution in [2.24, 2.45) is 5.41 Å². The molecular weight excluding hydrogens is 304 g/mol. The number of fused-ring (bicyclic) bond motifs is 1. The van der Waals surface area contributed by atoms with Crippen LogP contribution >= 0.6 is 0 Å². The molecule has 2 N–H and O–H groups in total. The van der Waals surface area contributed by atoms with Gasteiger partial charge in [0.25, 0.3) is 0 Å². The largest absolute Gasteiger partial charge is 0.454 e. The van der Waals surface area contributed by atoms with Crippen LogP contribution in [0, 0.1) is 5.41 Å². The van der Waals surface area contributed by atoms with E-state index in [1.54, 1.807) is 0 Å². The van der Waals surface area contributed by atoms with Gasteiger partial charge in [0.1, 0.15) is 0 Å². The van der Waals surface area contributed by atoms with Crippen LogP contribution in [-0.2, 0) is 11.3 Å². The first-order valence-electron chi connectivity index (χ1n) is 7.96. The minimum absolute atomic E-state index is 0.00330. The first kappa shape index (κ1) is 16.2. The van der Waals surface area contributed by atoms with Gasteiger partial charge in [-0.25, -0.2) is 0 Å². The van der Waals surface area contributed by atoms with Gasteiger partial charge in [0.2, 0.25) is 12.7 Å². The Morgan fingerprint density at radius 3 is 2.38 bits per heavy atom. The molecule has 0 radical (unpaired) electrons. The van der Waals surface area contributed by atoms with Gasteiger partial charge < -0.3 is 20.1 Å². The number of nitrogens with one attached hydrogen (secondary N) is 2. The molecule has 0 atom stereocenters. The highest BCUT2D eigenvalue weighted by Gasteiger charge is 2.21. The van der Waals surface area contributed by atoms with Crippen LogP contribution in [-0.4, -0.2) is 12.7 Å². The zero-order valence-electron chi connectivity index (χ0n) is 14.2. The molecule has 5 heteroatoms. The van der Waals surface area contributed by atoms with Gasteiger partial charge >= 0.3 is 0 Å². The van der Waals surface area contributed by atoms with Crippen molar-refractivity contribution in [2.75, 3.05) is 17.4 Å². The highest BCUT2D eigenvalue weighted by atomic mass is 16.7.